The van der Waals surface area contributed by atoms with Crippen molar-refractivity contribution in [3.05, 3.63) is 60.8 Å². The molecule has 0 aromatic carbocycles. The fourth-order valence-corrected chi connectivity index (χ4v) is 7.94. The number of carbonyl (C=O) groups is 2. The number of aliphatic hydroxyl groups is 3. The molecule has 1 fully saturated rings. The lowest BCUT2D eigenvalue weighted by molar-refractivity contribution is -0.297. The molecule has 13 heteroatoms. The Labute approximate surface area is 387 Å². The van der Waals surface area contributed by atoms with Gasteiger partial charge in [-0.1, -0.05) is 164 Å². The summed E-state index contributed by atoms with van der Waals surface area (Å²) in [5.41, 5.74) is 0. The molecule has 0 aromatic heterocycles. The van der Waals surface area contributed by atoms with Crippen molar-refractivity contribution in [2.24, 2.45) is 0 Å². The van der Waals surface area contributed by atoms with Crippen molar-refractivity contribution >= 4 is 22.1 Å². The highest BCUT2D eigenvalue weighted by Crippen LogP contribution is 2.24. The van der Waals surface area contributed by atoms with Gasteiger partial charge in [0.1, 0.15) is 36.8 Å². The summed E-state index contributed by atoms with van der Waals surface area (Å²) in [6.07, 6.45) is 41.2. The van der Waals surface area contributed by atoms with E-state index in [4.69, 9.17) is 18.9 Å². The first kappa shape index (κ1) is 59.4. The second kappa shape index (κ2) is 40.6. The van der Waals surface area contributed by atoms with E-state index in [2.05, 4.69) is 74.6 Å². The van der Waals surface area contributed by atoms with Gasteiger partial charge in [0.2, 0.25) is 0 Å². The van der Waals surface area contributed by atoms with Gasteiger partial charge in [0.05, 0.1) is 6.61 Å². The molecule has 0 bridgehead atoms. The molecule has 1 aliphatic heterocycles. The van der Waals surface area contributed by atoms with Crippen LogP contribution in [-0.4, -0.2) is 96.0 Å². The van der Waals surface area contributed by atoms with Gasteiger partial charge in [-0.25, -0.2) is 0 Å². The maximum atomic E-state index is 12.9. The van der Waals surface area contributed by atoms with Gasteiger partial charge in [0.25, 0.3) is 10.1 Å². The minimum absolute atomic E-state index is 0.155. The fraction of sp³-hybridized carbons (Fsp3) is 0.765. The molecule has 0 saturated carbocycles. The van der Waals surface area contributed by atoms with E-state index >= 15 is 0 Å². The van der Waals surface area contributed by atoms with Gasteiger partial charge >= 0.3 is 11.9 Å². The van der Waals surface area contributed by atoms with Gasteiger partial charge in [0.15, 0.2) is 12.4 Å². The second-order valence-electron chi connectivity index (χ2n) is 17.1. The molecule has 1 saturated heterocycles. The van der Waals surface area contributed by atoms with Crippen LogP contribution in [0.2, 0.25) is 0 Å². The Morgan fingerprint density at radius 2 is 0.984 bits per heavy atom. The summed E-state index contributed by atoms with van der Waals surface area (Å²) in [5, 5.41) is 30.9. The fourth-order valence-electron chi connectivity index (χ4n) is 7.25. The summed E-state index contributed by atoms with van der Waals surface area (Å²) in [6, 6.07) is 0. The third kappa shape index (κ3) is 34.7. The Bertz CT molecular complexity index is 1410. The molecule has 0 spiro atoms. The lowest BCUT2D eigenvalue weighted by Crippen LogP contribution is -2.60. The smallest absolute Gasteiger partial charge is 0.306 e. The van der Waals surface area contributed by atoms with Crippen LogP contribution in [0.1, 0.15) is 194 Å². The standard InChI is InChI=1S/C51H88O12S/c1-3-5-7-9-11-13-15-17-18-19-20-21-22-23-24-25-26-28-30-32-34-36-38-40-47(53)62-44(42-61-51-50(56)49(55)48(54)45(63-51)43-64(57,58)59)41-60-46(52)39-37-35-33-31-29-27-16-14-12-10-8-6-4-2/h5,7,11,13-14,16-18,20-21,44-45,48-51,54-56H,3-4,6,8-10,12,15,19,22-43H2,1-2H3,(H,57,58,59)/b7-5-,13-11-,16-14-,18-17-,21-20-. The molecule has 1 rings (SSSR count). The first-order valence-electron chi connectivity index (χ1n) is 24.8. The van der Waals surface area contributed by atoms with Gasteiger partial charge in [-0.05, 0) is 77.0 Å². The molecule has 0 aromatic rings. The molecular weight excluding hydrogens is 837 g/mol. The van der Waals surface area contributed by atoms with E-state index in [-0.39, 0.29) is 19.4 Å². The first-order chi connectivity index (χ1) is 31.0. The van der Waals surface area contributed by atoms with Crippen molar-refractivity contribution < 1.29 is 56.8 Å². The lowest BCUT2D eigenvalue weighted by Gasteiger charge is -2.40. The summed E-state index contributed by atoms with van der Waals surface area (Å²) >= 11 is 0. The number of allylic oxidation sites excluding steroid dienone is 10. The zero-order valence-electron chi connectivity index (χ0n) is 39.6. The number of carbonyl (C=O) groups excluding carboxylic acids is 2. The summed E-state index contributed by atoms with van der Waals surface area (Å²) in [4.78, 5) is 25.5. The molecule has 12 nitrogen and oxygen atoms in total. The summed E-state index contributed by atoms with van der Waals surface area (Å²) in [7, 11) is -4.61. The highest BCUT2D eigenvalue weighted by atomic mass is 32.2. The zero-order chi connectivity index (χ0) is 46.9. The molecular formula is C51H88O12S. The first-order valence-corrected chi connectivity index (χ1v) is 26.5. The molecule has 6 unspecified atom stereocenters. The Hall–Kier alpha value is -2.65. The van der Waals surface area contributed by atoms with Crippen LogP contribution >= 0.6 is 0 Å². The van der Waals surface area contributed by atoms with Crippen molar-refractivity contribution in [3.8, 4) is 0 Å². The number of aliphatic hydroxyl groups excluding tert-OH is 3. The minimum Gasteiger partial charge on any atom is -0.462 e. The van der Waals surface area contributed by atoms with Crippen molar-refractivity contribution in [3.63, 3.8) is 0 Å². The number of rotatable bonds is 41. The maximum absolute atomic E-state index is 12.9. The Kier molecular flexibility index (Phi) is 37.7. The lowest BCUT2D eigenvalue weighted by atomic mass is 10.00. The van der Waals surface area contributed by atoms with Gasteiger partial charge in [-0.15, -0.1) is 0 Å². The summed E-state index contributed by atoms with van der Waals surface area (Å²) < 4.78 is 54.2. The van der Waals surface area contributed by atoms with E-state index in [1.807, 2.05) is 0 Å². The molecule has 1 aliphatic rings. The molecule has 0 amide bonds. The third-order valence-electron chi connectivity index (χ3n) is 11.1. The zero-order valence-corrected chi connectivity index (χ0v) is 40.4. The minimum atomic E-state index is -4.61. The molecule has 370 valence electrons. The van der Waals surface area contributed by atoms with Crippen LogP contribution in [0.25, 0.3) is 0 Å². The number of esters is 2. The van der Waals surface area contributed by atoms with Crippen molar-refractivity contribution in [1.82, 2.24) is 0 Å². The van der Waals surface area contributed by atoms with Gasteiger partial charge < -0.3 is 34.3 Å². The molecule has 64 heavy (non-hydrogen) atoms. The molecule has 6 atom stereocenters. The highest BCUT2D eigenvalue weighted by molar-refractivity contribution is 7.85. The van der Waals surface area contributed by atoms with Crippen molar-refractivity contribution in [2.45, 2.75) is 230 Å². The number of unbranched alkanes of at least 4 members (excludes halogenated alkanes) is 19. The molecule has 1 heterocycles. The Balaban J connectivity index is 2.37. The van der Waals surface area contributed by atoms with Crippen LogP contribution in [0.3, 0.4) is 0 Å². The topological polar surface area (TPSA) is 186 Å². The van der Waals surface area contributed by atoms with Gasteiger partial charge in [-0.2, -0.15) is 8.42 Å². The average molecular weight is 925 g/mol. The number of ether oxygens (including phenoxy) is 4. The van der Waals surface area contributed by atoms with Crippen molar-refractivity contribution in [1.29, 1.82) is 0 Å². The normalized spacial score (nSPS) is 20.1. The quantitative estimate of drug-likeness (QED) is 0.0197. The second-order valence-corrected chi connectivity index (χ2v) is 18.6. The average Bonchev–Trinajstić information content (AvgIpc) is 3.26. The van der Waals surface area contributed by atoms with E-state index < -0.39 is 71.2 Å². The van der Waals surface area contributed by atoms with Gasteiger partial charge in [0, 0.05) is 12.8 Å². The third-order valence-corrected chi connectivity index (χ3v) is 11.8. The molecule has 4 N–H and O–H groups in total. The van der Waals surface area contributed by atoms with Crippen LogP contribution in [0.15, 0.2) is 60.8 Å². The maximum Gasteiger partial charge on any atom is 0.306 e. The van der Waals surface area contributed by atoms with E-state index in [9.17, 15) is 37.9 Å². The largest absolute Gasteiger partial charge is 0.462 e. The Morgan fingerprint density at radius 1 is 0.547 bits per heavy atom. The van der Waals surface area contributed by atoms with E-state index in [1.54, 1.807) is 0 Å². The SMILES string of the molecule is CC/C=C\C/C=C\C/C=C\C/C=C\CCCCCCCCCCCCC(=O)OC(COC(=O)CCCCCCC/C=C\CCCCCC)COC1OC(CS(=O)(=O)O)C(O)C(O)C1O. The van der Waals surface area contributed by atoms with E-state index in [1.165, 1.54) is 57.8 Å². The molecule has 0 aliphatic carbocycles. The van der Waals surface area contributed by atoms with Crippen LogP contribution in [0, 0.1) is 0 Å². The van der Waals surface area contributed by atoms with Crippen LogP contribution in [0.5, 0.6) is 0 Å². The van der Waals surface area contributed by atoms with Crippen LogP contribution in [-0.2, 0) is 38.7 Å². The predicted molar refractivity (Wildman–Crippen MR) is 256 cm³/mol. The van der Waals surface area contributed by atoms with Gasteiger partial charge in [-0.3, -0.25) is 14.1 Å². The summed E-state index contributed by atoms with van der Waals surface area (Å²) in [6.45, 7) is 3.63. The predicted octanol–water partition coefficient (Wildman–Crippen LogP) is 10.9. The van der Waals surface area contributed by atoms with E-state index in [0.29, 0.717) is 12.8 Å². The van der Waals surface area contributed by atoms with Crippen LogP contribution in [0.4, 0.5) is 0 Å². The number of hydrogen-bond acceptors (Lipinski definition) is 11. The Morgan fingerprint density at radius 3 is 1.48 bits per heavy atom. The van der Waals surface area contributed by atoms with Crippen LogP contribution < -0.4 is 0 Å². The van der Waals surface area contributed by atoms with E-state index in [0.717, 1.165) is 96.3 Å². The monoisotopic (exact) mass is 925 g/mol. The van der Waals surface area contributed by atoms with Crippen molar-refractivity contribution in [2.75, 3.05) is 19.0 Å². The summed E-state index contributed by atoms with van der Waals surface area (Å²) in [5.74, 6) is -2.00. The highest BCUT2D eigenvalue weighted by Gasteiger charge is 2.46. The number of hydrogen-bond donors (Lipinski definition) is 4. The molecule has 0 radical (unpaired) electrons.